The van der Waals surface area contributed by atoms with Crippen molar-refractivity contribution in [3.63, 3.8) is 0 Å². The molecule has 0 bridgehead atoms. The van der Waals surface area contributed by atoms with E-state index in [1.54, 1.807) is 22.6 Å². The fourth-order valence-corrected chi connectivity index (χ4v) is 5.50. The van der Waals surface area contributed by atoms with Crippen LogP contribution in [0.3, 0.4) is 0 Å². The average Bonchev–Trinajstić information content (AvgIpc) is 3.36. The van der Waals surface area contributed by atoms with Gasteiger partial charge in [-0.3, -0.25) is 4.79 Å². The van der Waals surface area contributed by atoms with E-state index in [4.69, 9.17) is 32.7 Å². The second-order valence-electron chi connectivity index (χ2n) is 8.09. The van der Waals surface area contributed by atoms with E-state index in [9.17, 15) is 4.79 Å². The molecule has 2 heterocycles. The van der Waals surface area contributed by atoms with Gasteiger partial charge in [-0.2, -0.15) is 0 Å². The van der Waals surface area contributed by atoms with Crippen LogP contribution in [0.25, 0.3) is 22.1 Å². The van der Waals surface area contributed by atoms with Crippen LogP contribution in [0.4, 0.5) is 0 Å². The summed E-state index contributed by atoms with van der Waals surface area (Å²) in [5, 5.41) is 1.10. The van der Waals surface area contributed by atoms with E-state index < -0.39 is 0 Å². The van der Waals surface area contributed by atoms with E-state index in [0.717, 1.165) is 27.7 Å². The summed E-state index contributed by atoms with van der Waals surface area (Å²) < 4.78 is 14.4. The molecule has 182 valence electrons. The van der Waals surface area contributed by atoms with Crippen LogP contribution in [-0.4, -0.2) is 16.0 Å². The molecular formula is C28H22Cl2N2O3S. The number of imidazole rings is 1. The third-order valence-electron chi connectivity index (χ3n) is 5.65. The second-order valence-corrected chi connectivity index (χ2v) is 9.94. The maximum atomic E-state index is 13.2. The number of ether oxygens (including phenoxy) is 2. The van der Waals surface area contributed by atoms with Gasteiger partial charge in [-0.1, -0.05) is 58.8 Å². The first-order valence-electron chi connectivity index (χ1n) is 11.4. The molecule has 3 aromatic carbocycles. The Kier molecular flexibility index (Phi) is 7.01. The number of fused-ring (bicyclic) bond motifs is 3. The Bertz CT molecular complexity index is 1710. The van der Waals surface area contributed by atoms with Crippen molar-refractivity contribution >= 4 is 56.6 Å². The number of hydrogen-bond acceptors (Lipinski definition) is 5. The Labute approximate surface area is 221 Å². The molecule has 0 unspecified atom stereocenters. The summed E-state index contributed by atoms with van der Waals surface area (Å²) in [7, 11) is 0. The molecule has 0 radical (unpaired) electrons. The van der Waals surface area contributed by atoms with Crippen molar-refractivity contribution in [3.8, 4) is 11.5 Å². The van der Waals surface area contributed by atoms with Crippen LogP contribution in [0, 0.1) is 0 Å². The molecule has 0 atom stereocenters. The number of halogens is 2. The molecular weight excluding hydrogens is 515 g/mol. The Morgan fingerprint density at radius 1 is 1.08 bits per heavy atom. The number of rotatable bonds is 8. The van der Waals surface area contributed by atoms with Gasteiger partial charge in [0.1, 0.15) is 6.61 Å². The molecule has 8 heteroatoms. The first kappa shape index (κ1) is 24.4. The van der Waals surface area contributed by atoms with E-state index in [0.29, 0.717) is 44.1 Å². The van der Waals surface area contributed by atoms with Gasteiger partial charge in [0.25, 0.3) is 5.56 Å². The number of nitrogens with zero attached hydrogens (tertiary/aromatic N) is 2. The van der Waals surface area contributed by atoms with E-state index in [2.05, 4.69) is 11.6 Å². The summed E-state index contributed by atoms with van der Waals surface area (Å²) in [6.07, 6.45) is 4.24. The molecule has 0 amide bonds. The summed E-state index contributed by atoms with van der Waals surface area (Å²) in [5.41, 5.74) is 4.06. The zero-order valence-electron chi connectivity index (χ0n) is 19.5. The fraction of sp³-hybridized carbons (Fsp3) is 0.143. The van der Waals surface area contributed by atoms with Gasteiger partial charge in [0, 0.05) is 21.2 Å². The van der Waals surface area contributed by atoms with Gasteiger partial charge in [0.2, 0.25) is 0 Å². The van der Waals surface area contributed by atoms with E-state index in [1.807, 2.05) is 55.5 Å². The summed E-state index contributed by atoms with van der Waals surface area (Å²) in [6.45, 7) is 6.52. The lowest BCUT2D eigenvalue weighted by molar-refractivity contribution is 0.267. The fourth-order valence-electron chi connectivity index (χ4n) is 4.05. The smallest absolute Gasteiger partial charge is 0.274 e. The SMILES string of the molecule is C=CCc1cc(C=c2sc3nc4ccccc4n3c2=O)cc(OCC)c1OCc1ccc(Cl)cc1Cl. The highest BCUT2D eigenvalue weighted by Gasteiger charge is 2.15. The minimum Gasteiger partial charge on any atom is -0.490 e. The standard InChI is InChI=1S/C28H22Cl2N2O3S/c1-3-7-18-12-17(14-25-27(33)32-23-9-6-5-8-22(23)31-28(32)36-25)13-24(34-4-2)26(18)35-16-19-10-11-20(29)15-21(19)30/h3,5-6,8-15H,1,4,7,16H2,2H3. The average molecular weight is 537 g/mol. The minimum absolute atomic E-state index is 0.0929. The number of benzene rings is 3. The summed E-state index contributed by atoms with van der Waals surface area (Å²) >= 11 is 13.7. The molecule has 5 nitrogen and oxygen atoms in total. The molecule has 5 aromatic rings. The van der Waals surface area contributed by atoms with Gasteiger partial charge < -0.3 is 9.47 Å². The van der Waals surface area contributed by atoms with Crippen molar-refractivity contribution in [3.05, 3.63) is 109 Å². The third-order valence-corrected chi connectivity index (χ3v) is 7.20. The molecule has 2 aromatic heterocycles. The van der Waals surface area contributed by atoms with E-state index in [-0.39, 0.29) is 12.2 Å². The molecule has 0 spiro atoms. The van der Waals surface area contributed by atoms with Crippen LogP contribution < -0.4 is 19.6 Å². The summed E-state index contributed by atoms with van der Waals surface area (Å²) in [6, 6.07) is 16.8. The lowest BCUT2D eigenvalue weighted by Crippen LogP contribution is -2.22. The van der Waals surface area contributed by atoms with E-state index >= 15 is 0 Å². The topological polar surface area (TPSA) is 52.8 Å². The molecule has 0 N–H and O–H groups in total. The number of aromatic nitrogens is 2. The maximum absolute atomic E-state index is 13.2. The predicted octanol–water partition coefficient (Wildman–Crippen LogP) is 6.47. The van der Waals surface area contributed by atoms with Crippen molar-refractivity contribution in [2.24, 2.45) is 0 Å². The van der Waals surface area contributed by atoms with Gasteiger partial charge in [-0.25, -0.2) is 9.38 Å². The lowest BCUT2D eigenvalue weighted by Gasteiger charge is -2.17. The summed E-state index contributed by atoms with van der Waals surface area (Å²) in [4.78, 5) is 18.5. The van der Waals surface area contributed by atoms with Crippen molar-refractivity contribution in [1.29, 1.82) is 0 Å². The molecule has 0 fully saturated rings. The first-order chi connectivity index (χ1) is 17.5. The van der Waals surface area contributed by atoms with Crippen molar-refractivity contribution in [2.75, 3.05) is 6.61 Å². The van der Waals surface area contributed by atoms with Crippen LogP contribution in [-0.2, 0) is 13.0 Å². The van der Waals surface area contributed by atoms with Crippen LogP contribution in [0.5, 0.6) is 11.5 Å². The van der Waals surface area contributed by atoms with Gasteiger partial charge >= 0.3 is 0 Å². The first-order valence-corrected chi connectivity index (χ1v) is 12.9. The number of hydrogen-bond donors (Lipinski definition) is 0. The molecule has 0 saturated carbocycles. The Morgan fingerprint density at radius 2 is 1.92 bits per heavy atom. The van der Waals surface area contributed by atoms with E-state index in [1.165, 1.54) is 11.3 Å². The number of para-hydroxylation sites is 2. The zero-order valence-corrected chi connectivity index (χ0v) is 21.8. The third kappa shape index (κ3) is 4.72. The quantitative estimate of drug-likeness (QED) is 0.213. The Balaban J connectivity index is 1.57. The second kappa shape index (κ2) is 10.3. The Hall–Kier alpha value is -3.32. The maximum Gasteiger partial charge on any atom is 0.274 e. The van der Waals surface area contributed by atoms with Crippen molar-refractivity contribution < 1.29 is 9.47 Å². The van der Waals surface area contributed by atoms with Crippen LogP contribution in [0.1, 0.15) is 23.6 Å². The highest BCUT2D eigenvalue weighted by Crippen LogP contribution is 2.35. The molecule has 0 aliphatic carbocycles. The molecule has 0 saturated heterocycles. The zero-order chi connectivity index (χ0) is 25.2. The molecule has 0 aliphatic heterocycles. The van der Waals surface area contributed by atoms with Gasteiger partial charge in [0.15, 0.2) is 16.5 Å². The highest BCUT2D eigenvalue weighted by atomic mass is 35.5. The predicted molar refractivity (Wildman–Crippen MR) is 148 cm³/mol. The molecule has 36 heavy (non-hydrogen) atoms. The lowest BCUT2D eigenvalue weighted by atomic mass is 10.1. The normalized spacial score (nSPS) is 11.9. The van der Waals surface area contributed by atoms with Gasteiger partial charge in [0.05, 0.1) is 22.2 Å². The largest absolute Gasteiger partial charge is 0.490 e. The number of thiazole rings is 1. The number of allylic oxidation sites excluding steroid dienone is 1. The van der Waals surface area contributed by atoms with Crippen molar-refractivity contribution in [2.45, 2.75) is 20.0 Å². The van der Waals surface area contributed by atoms with Crippen molar-refractivity contribution in [1.82, 2.24) is 9.38 Å². The summed E-state index contributed by atoms with van der Waals surface area (Å²) in [5.74, 6) is 1.21. The Morgan fingerprint density at radius 3 is 2.69 bits per heavy atom. The molecule has 0 aliphatic rings. The van der Waals surface area contributed by atoms with Gasteiger partial charge in [-0.05, 0) is 61.4 Å². The highest BCUT2D eigenvalue weighted by molar-refractivity contribution is 7.15. The monoisotopic (exact) mass is 536 g/mol. The van der Waals surface area contributed by atoms with Crippen LogP contribution in [0.2, 0.25) is 10.0 Å². The van der Waals surface area contributed by atoms with Gasteiger partial charge in [-0.15, -0.1) is 6.58 Å². The minimum atomic E-state index is -0.0929. The van der Waals surface area contributed by atoms with Crippen LogP contribution in [0.15, 0.2) is 72.0 Å². The van der Waals surface area contributed by atoms with Crippen LogP contribution >= 0.6 is 34.5 Å². The molecule has 5 rings (SSSR count).